The Bertz CT molecular complexity index is 1140. The lowest BCUT2D eigenvalue weighted by molar-refractivity contribution is -0.159. The Kier molecular flexibility index (Phi) is 6.62. The van der Waals surface area contributed by atoms with E-state index in [2.05, 4.69) is 20.0 Å². The lowest BCUT2D eigenvalue weighted by Gasteiger charge is -2.40. The van der Waals surface area contributed by atoms with Crippen molar-refractivity contribution in [1.29, 1.82) is 0 Å². The first-order valence-electron chi connectivity index (χ1n) is 12.2. The van der Waals surface area contributed by atoms with Crippen molar-refractivity contribution < 1.29 is 32.0 Å². The number of piperidine rings is 1. The average molecular weight is 508 g/mol. The largest absolute Gasteiger partial charge is 0.471 e. The maximum Gasteiger partial charge on any atom is 0.471 e. The van der Waals surface area contributed by atoms with Crippen molar-refractivity contribution in [2.75, 3.05) is 20.2 Å². The van der Waals surface area contributed by atoms with Crippen LogP contribution in [0.2, 0.25) is 0 Å². The van der Waals surface area contributed by atoms with E-state index >= 15 is 0 Å². The van der Waals surface area contributed by atoms with Crippen LogP contribution in [0.4, 0.5) is 18.0 Å². The summed E-state index contributed by atoms with van der Waals surface area (Å²) < 4.78 is 48.3. The van der Waals surface area contributed by atoms with Crippen LogP contribution in [-0.2, 0) is 17.5 Å². The van der Waals surface area contributed by atoms with Gasteiger partial charge in [-0.15, -0.1) is 0 Å². The molecule has 36 heavy (non-hydrogen) atoms. The van der Waals surface area contributed by atoms with E-state index in [4.69, 9.17) is 4.74 Å². The molecule has 2 aromatic rings. The van der Waals surface area contributed by atoms with Crippen molar-refractivity contribution in [2.45, 2.75) is 69.4 Å². The highest BCUT2D eigenvalue weighted by Crippen LogP contribution is 2.34. The lowest BCUT2D eigenvalue weighted by Crippen LogP contribution is -2.57. The summed E-state index contributed by atoms with van der Waals surface area (Å²) in [6, 6.07) is 4.31. The molecule has 1 N–H and O–H groups in total. The van der Waals surface area contributed by atoms with Gasteiger partial charge in [0.05, 0.1) is 18.2 Å². The fourth-order valence-electron chi connectivity index (χ4n) is 5.40. The monoisotopic (exact) mass is 507 g/mol. The third kappa shape index (κ3) is 4.78. The third-order valence-corrected chi connectivity index (χ3v) is 7.31. The molecule has 1 aromatic carbocycles. The van der Waals surface area contributed by atoms with E-state index in [0.717, 1.165) is 44.1 Å². The van der Waals surface area contributed by atoms with Gasteiger partial charge >= 0.3 is 18.1 Å². The molecule has 194 valence electrons. The van der Waals surface area contributed by atoms with Crippen LogP contribution < -0.4 is 5.32 Å². The summed E-state index contributed by atoms with van der Waals surface area (Å²) in [6.07, 6.45) is 0.533. The molecule has 1 unspecified atom stereocenters. The van der Waals surface area contributed by atoms with Crippen molar-refractivity contribution in [1.82, 2.24) is 25.3 Å². The zero-order valence-electron chi connectivity index (χ0n) is 19.9. The maximum absolute atomic E-state index is 13.4. The van der Waals surface area contributed by atoms with Crippen molar-refractivity contribution in [3.63, 3.8) is 0 Å². The molecule has 1 aromatic heterocycles. The van der Waals surface area contributed by atoms with Crippen LogP contribution in [0.15, 0.2) is 22.7 Å². The van der Waals surface area contributed by atoms with Gasteiger partial charge in [0.2, 0.25) is 5.82 Å². The second kappa shape index (κ2) is 9.72. The molecule has 0 bridgehead atoms. The number of benzene rings is 1. The normalized spacial score (nSPS) is 24.7. The predicted molar refractivity (Wildman–Crippen MR) is 121 cm³/mol. The number of carbonyl (C=O) groups excluding carboxylic acids is 2. The number of amides is 3. The number of methoxy groups -OCH3 is 1. The Morgan fingerprint density at radius 2 is 2.00 bits per heavy atom. The summed E-state index contributed by atoms with van der Waals surface area (Å²) in [5.41, 5.74) is 1.45. The first-order chi connectivity index (χ1) is 17.2. The number of nitrogens with one attached hydrogen (secondary N) is 1. The molecule has 3 atom stereocenters. The average Bonchev–Trinajstić information content (AvgIpc) is 3.50. The molecule has 3 amide bonds. The topological polar surface area (TPSA) is 101 Å². The number of ether oxygens (including phenoxy) is 1. The fourth-order valence-corrected chi connectivity index (χ4v) is 5.40. The minimum Gasteiger partial charge on any atom is -0.380 e. The lowest BCUT2D eigenvalue weighted by atomic mass is 9.89. The number of hydrogen-bond acceptors (Lipinski definition) is 6. The summed E-state index contributed by atoms with van der Waals surface area (Å²) >= 11 is 0. The second-order valence-corrected chi connectivity index (χ2v) is 9.58. The number of rotatable bonds is 4. The van der Waals surface area contributed by atoms with Crippen LogP contribution in [0.3, 0.4) is 0 Å². The first kappa shape index (κ1) is 24.5. The van der Waals surface area contributed by atoms with Crippen LogP contribution in [-0.4, -0.2) is 70.3 Å². The molecule has 5 rings (SSSR count). The molecule has 0 radical (unpaired) electrons. The molecule has 1 saturated heterocycles. The number of carbonyl (C=O) groups is 2. The highest BCUT2D eigenvalue weighted by Gasteiger charge is 2.41. The molecule has 9 nitrogen and oxygen atoms in total. The zero-order valence-corrected chi connectivity index (χ0v) is 19.9. The number of likely N-dealkylation sites (tertiary alicyclic amines) is 1. The van der Waals surface area contributed by atoms with Gasteiger partial charge in [0.15, 0.2) is 0 Å². The molecular weight excluding hydrogens is 479 g/mol. The van der Waals surface area contributed by atoms with Crippen LogP contribution in [0, 0.1) is 0 Å². The first-order valence-corrected chi connectivity index (χ1v) is 12.2. The number of urea groups is 1. The van der Waals surface area contributed by atoms with Crippen LogP contribution in [0.5, 0.6) is 0 Å². The van der Waals surface area contributed by atoms with Gasteiger partial charge in [0.25, 0.3) is 5.91 Å². The van der Waals surface area contributed by atoms with Gasteiger partial charge in [0.1, 0.15) is 0 Å². The fraction of sp³-hybridized carbons (Fsp3) is 0.583. The molecular formula is C24H28F3N5O4. The summed E-state index contributed by atoms with van der Waals surface area (Å²) in [6.45, 7) is 1.59. The Labute approximate surface area is 205 Å². The quantitative estimate of drug-likeness (QED) is 0.675. The highest BCUT2D eigenvalue weighted by atomic mass is 19.4. The molecule has 12 heteroatoms. The van der Waals surface area contributed by atoms with Crippen LogP contribution >= 0.6 is 0 Å². The summed E-state index contributed by atoms with van der Waals surface area (Å²) in [7, 11) is 1.65. The molecule has 1 saturated carbocycles. The minimum absolute atomic E-state index is 0.0296. The predicted octanol–water partition coefficient (Wildman–Crippen LogP) is 3.84. The van der Waals surface area contributed by atoms with Gasteiger partial charge in [-0.2, -0.15) is 18.2 Å². The van der Waals surface area contributed by atoms with Gasteiger partial charge < -0.3 is 24.4 Å². The van der Waals surface area contributed by atoms with E-state index < -0.39 is 12.1 Å². The molecule has 1 aliphatic carbocycles. The molecule has 2 aliphatic heterocycles. The smallest absolute Gasteiger partial charge is 0.380 e. The van der Waals surface area contributed by atoms with Crippen molar-refractivity contribution in [3.8, 4) is 11.4 Å². The Balaban J connectivity index is 1.31. The standard InChI is InChI=1S/C24H28F3N5O4/c1-35-16-5-4-10-31(13-16)23(34)28-18-6-2-3-7-19(18)32-12-15-9-8-14(11-17(15)21(32)33)20-29-22(36-30-20)24(25,26)27/h8-9,11,16,18-19H,2-7,10,12-13H2,1H3,(H,28,34)/t16?,18-,19-/m1/s1. The Morgan fingerprint density at radius 3 is 2.75 bits per heavy atom. The number of hydrogen-bond donors (Lipinski definition) is 1. The molecule has 2 fully saturated rings. The van der Waals surface area contributed by atoms with E-state index in [1.807, 2.05) is 0 Å². The Morgan fingerprint density at radius 1 is 1.19 bits per heavy atom. The van der Waals surface area contributed by atoms with E-state index in [0.29, 0.717) is 25.2 Å². The highest BCUT2D eigenvalue weighted by molar-refractivity contribution is 5.99. The van der Waals surface area contributed by atoms with Gasteiger partial charge in [0, 0.05) is 37.9 Å². The molecule has 3 heterocycles. The number of aromatic nitrogens is 2. The van der Waals surface area contributed by atoms with Crippen molar-refractivity contribution in [2.24, 2.45) is 0 Å². The third-order valence-electron chi connectivity index (χ3n) is 7.31. The number of fused-ring (bicyclic) bond motifs is 1. The zero-order chi connectivity index (χ0) is 25.4. The number of alkyl halides is 3. The van der Waals surface area contributed by atoms with Crippen molar-refractivity contribution in [3.05, 3.63) is 35.2 Å². The van der Waals surface area contributed by atoms with Gasteiger partial charge in [-0.25, -0.2) is 4.79 Å². The van der Waals surface area contributed by atoms with Gasteiger partial charge in [-0.1, -0.05) is 30.1 Å². The minimum atomic E-state index is -4.74. The second-order valence-electron chi connectivity index (χ2n) is 9.58. The van der Waals surface area contributed by atoms with Gasteiger partial charge in [-0.3, -0.25) is 4.79 Å². The number of halogens is 3. The maximum atomic E-state index is 13.4. The SMILES string of the molecule is COC1CCCN(C(=O)N[C@@H]2CCCC[C@H]2N2Cc3ccc(-c4noc(C(F)(F)F)n4)cc3C2=O)C1. The summed E-state index contributed by atoms with van der Waals surface area (Å²) in [4.78, 5) is 33.4. The van der Waals surface area contributed by atoms with E-state index in [-0.39, 0.29) is 41.5 Å². The molecule has 3 aliphatic rings. The van der Waals surface area contributed by atoms with E-state index in [1.54, 1.807) is 29.0 Å². The van der Waals surface area contributed by atoms with Crippen LogP contribution in [0.1, 0.15) is 60.3 Å². The molecule has 0 spiro atoms. The summed E-state index contributed by atoms with van der Waals surface area (Å²) in [5, 5.41) is 6.58. The summed E-state index contributed by atoms with van der Waals surface area (Å²) in [5.74, 6) is -1.87. The van der Waals surface area contributed by atoms with E-state index in [9.17, 15) is 22.8 Å². The Hall–Kier alpha value is -3.15. The van der Waals surface area contributed by atoms with Crippen LogP contribution in [0.25, 0.3) is 11.4 Å². The van der Waals surface area contributed by atoms with E-state index in [1.165, 1.54) is 6.07 Å². The number of nitrogens with zero attached hydrogens (tertiary/aromatic N) is 4. The van der Waals surface area contributed by atoms with Crippen molar-refractivity contribution >= 4 is 11.9 Å². The van der Waals surface area contributed by atoms with Gasteiger partial charge in [-0.05, 0) is 37.3 Å².